The number of aliphatic hydroxyl groups is 1. The summed E-state index contributed by atoms with van der Waals surface area (Å²) < 4.78 is 2.28. The largest absolute Gasteiger partial charge is 0.392 e. The predicted octanol–water partition coefficient (Wildman–Crippen LogP) is 2.40. The second-order valence-electron chi connectivity index (χ2n) is 5.37. The van der Waals surface area contributed by atoms with E-state index in [1.54, 1.807) is 11.8 Å². The van der Waals surface area contributed by atoms with Crippen LogP contribution >= 0.6 is 11.8 Å². The lowest BCUT2D eigenvalue weighted by Gasteiger charge is -2.26. The molecule has 3 rings (SSSR count). The summed E-state index contributed by atoms with van der Waals surface area (Å²) in [5.74, 6) is 1.14. The first-order valence-corrected chi connectivity index (χ1v) is 7.99. The number of aliphatic hydroxyl groups excluding tert-OH is 1. The third-order valence-corrected chi connectivity index (χ3v) is 5.37. The molecule has 1 aromatic heterocycles. The number of hydrogen-bond acceptors (Lipinski definition) is 4. The first-order valence-electron chi connectivity index (χ1n) is 7.11. The normalized spacial score (nSPS) is 28.7. The SMILES string of the molecule is O[C@H]1CCCC[C@@H]1Sc1nnc2n1CCCCC2. The van der Waals surface area contributed by atoms with E-state index in [4.69, 9.17) is 0 Å². The highest BCUT2D eigenvalue weighted by atomic mass is 32.2. The van der Waals surface area contributed by atoms with Gasteiger partial charge in [-0.05, 0) is 25.7 Å². The first kappa shape index (κ1) is 12.5. The molecule has 0 radical (unpaired) electrons. The zero-order valence-corrected chi connectivity index (χ0v) is 11.5. The van der Waals surface area contributed by atoms with Gasteiger partial charge in [0.2, 0.25) is 0 Å². The van der Waals surface area contributed by atoms with Crippen molar-refractivity contribution >= 4 is 11.8 Å². The number of nitrogens with zero attached hydrogens (tertiary/aromatic N) is 3. The van der Waals surface area contributed by atoms with Crippen molar-refractivity contribution < 1.29 is 5.11 Å². The summed E-state index contributed by atoms with van der Waals surface area (Å²) in [7, 11) is 0. The predicted molar refractivity (Wildman–Crippen MR) is 71.7 cm³/mol. The molecule has 1 N–H and O–H groups in total. The number of aryl methyl sites for hydroxylation is 1. The molecule has 100 valence electrons. The Hall–Kier alpha value is -0.550. The molecule has 4 nitrogen and oxygen atoms in total. The smallest absolute Gasteiger partial charge is 0.191 e. The lowest BCUT2D eigenvalue weighted by Crippen LogP contribution is -2.27. The Kier molecular flexibility index (Phi) is 3.89. The third kappa shape index (κ3) is 2.57. The Labute approximate surface area is 112 Å². The van der Waals surface area contributed by atoms with Gasteiger partial charge in [0.05, 0.1) is 6.10 Å². The van der Waals surface area contributed by atoms with Crippen molar-refractivity contribution in [3.8, 4) is 0 Å². The molecule has 0 saturated heterocycles. The Morgan fingerprint density at radius 3 is 2.83 bits per heavy atom. The molecular weight excluding hydrogens is 246 g/mol. The Morgan fingerprint density at radius 1 is 1.06 bits per heavy atom. The molecular formula is C13H21N3OS. The van der Waals surface area contributed by atoms with Crippen LogP contribution in [-0.2, 0) is 13.0 Å². The number of aromatic nitrogens is 3. The average molecular weight is 267 g/mol. The molecule has 18 heavy (non-hydrogen) atoms. The number of rotatable bonds is 2. The van der Waals surface area contributed by atoms with Crippen LogP contribution in [-0.4, -0.2) is 31.2 Å². The van der Waals surface area contributed by atoms with Crippen molar-refractivity contribution in [1.82, 2.24) is 14.8 Å². The molecule has 0 amide bonds. The Bertz CT molecular complexity index is 407. The van der Waals surface area contributed by atoms with Gasteiger partial charge in [0, 0.05) is 18.2 Å². The average Bonchev–Trinajstić information content (AvgIpc) is 2.62. The van der Waals surface area contributed by atoms with Crippen LogP contribution in [0.3, 0.4) is 0 Å². The maximum atomic E-state index is 10.0. The fourth-order valence-electron chi connectivity index (χ4n) is 2.90. The standard InChI is InChI=1S/C13H21N3OS/c17-10-6-3-4-7-11(10)18-13-15-14-12-8-2-1-5-9-16(12)13/h10-11,17H,1-9H2/t10-,11-/m0/s1. The number of hydrogen-bond donors (Lipinski definition) is 1. The molecule has 1 fully saturated rings. The van der Waals surface area contributed by atoms with E-state index < -0.39 is 0 Å². The van der Waals surface area contributed by atoms with Crippen molar-refractivity contribution in [1.29, 1.82) is 0 Å². The lowest BCUT2D eigenvalue weighted by atomic mass is 9.97. The lowest BCUT2D eigenvalue weighted by molar-refractivity contribution is 0.136. The minimum atomic E-state index is -0.164. The number of thioether (sulfide) groups is 1. The minimum absolute atomic E-state index is 0.164. The topological polar surface area (TPSA) is 50.9 Å². The summed E-state index contributed by atoms with van der Waals surface area (Å²) in [4.78, 5) is 0. The minimum Gasteiger partial charge on any atom is -0.392 e. The maximum absolute atomic E-state index is 10.0. The van der Waals surface area contributed by atoms with E-state index in [-0.39, 0.29) is 6.10 Å². The summed E-state index contributed by atoms with van der Waals surface area (Å²) in [6.07, 6.45) is 9.09. The molecule has 2 aliphatic rings. The first-order chi connectivity index (χ1) is 8.84. The highest BCUT2D eigenvalue weighted by Crippen LogP contribution is 2.34. The second-order valence-corrected chi connectivity index (χ2v) is 6.58. The summed E-state index contributed by atoms with van der Waals surface area (Å²) in [6.45, 7) is 1.05. The van der Waals surface area contributed by atoms with E-state index in [1.807, 2.05) is 0 Å². The second kappa shape index (κ2) is 5.61. The Morgan fingerprint density at radius 2 is 1.94 bits per heavy atom. The van der Waals surface area contributed by atoms with Crippen LogP contribution in [0.4, 0.5) is 0 Å². The summed E-state index contributed by atoms with van der Waals surface area (Å²) in [5, 5.41) is 20.0. The molecule has 5 heteroatoms. The summed E-state index contributed by atoms with van der Waals surface area (Å²) in [6, 6.07) is 0. The van der Waals surface area contributed by atoms with Crippen molar-refractivity contribution in [3.63, 3.8) is 0 Å². The van der Waals surface area contributed by atoms with E-state index in [0.29, 0.717) is 5.25 Å². The van der Waals surface area contributed by atoms with Gasteiger partial charge in [-0.3, -0.25) is 0 Å². The van der Waals surface area contributed by atoms with Crippen molar-refractivity contribution in [2.45, 2.75) is 74.4 Å². The van der Waals surface area contributed by atoms with E-state index in [0.717, 1.165) is 43.2 Å². The molecule has 1 aliphatic heterocycles. The molecule has 1 aliphatic carbocycles. The van der Waals surface area contributed by atoms with Gasteiger partial charge >= 0.3 is 0 Å². The van der Waals surface area contributed by atoms with Crippen LogP contribution in [0, 0.1) is 0 Å². The van der Waals surface area contributed by atoms with Gasteiger partial charge in [0.15, 0.2) is 5.16 Å². The van der Waals surface area contributed by atoms with Gasteiger partial charge in [-0.1, -0.05) is 31.0 Å². The van der Waals surface area contributed by atoms with Gasteiger partial charge in [-0.2, -0.15) is 0 Å². The molecule has 0 spiro atoms. The van der Waals surface area contributed by atoms with Gasteiger partial charge in [-0.15, -0.1) is 10.2 Å². The summed E-state index contributed by atoms with van der Waals surface area (Å²) in [5.41, 5.74) is 0. The molecule has 0 aromatic carbocycles. The van der Waals surface area contributed by atoms with E-state index >= 15 is 0 Å². The molecule has 0 unspecified atom stereocenters. The monoisotopic (exact) mass is 267 g/mol. The van der Waals surface area contributed by atoms with E-state index in [2.05, 4.69) is 14.8 Å². The van der Waals surface area contributed by atoms with Crippen LogP contribution in [0.1, 0.15) is 50.8 Å². The van der Waals surface area contributed by atoms with Crippen LogP contribution < -0.4 is 0 Å². The fourth-order valence-corrected chi connectivity index (χ4v) is 4.16. The quantitative estimate of drug-likeness (QED) is 0.894. The maximum Gasteiger partial charge on any atom is 0.191 e. The molecule has 2 heterocycles. The highest BCUT2D eigenvalue weighted by molar-refractivity contribution is 7.99. The van der Waals surface area contributed by atoms with Crippen LogP contribution in [0.15, 0.2) is 5.16 Å². The zero-order valence-electron chi connectivity index (χ0n) is 10.7. The van der Waals surface area contributed by atoms with Gasteiger partial charge in [-0.25, -0.2) is 0 Å². The molecule has 1 aromatic rings. The van der Waals surface area contributed by atoms with Crippen LogP contribution in [0.25, 0.3) is 0 Å². The summed E-state index contributed by atoms with van der Waals surface area (Å²) >= 11 is 1.74. The third-order valence-electron chi connectivity index (χ3n) is 4.00. The molecule has 2 atom stereocenters. The van der Waals surface area contributed by atoms with Crippen molar-refractivity contribution in [3.05, 3.63) is 5.82 Å². The van der Waals surface area contributed by atoms with E-state index in [1.165, 1.54) is 25.7 Å². The van der Waals surface area contributed by atoms with Crippen LogP contribution in [0.2, 0.25) is 0 Å². The Balaban J connectivity index is 1.74. The highest BCUT2D eigenvalue weighted by Gasteiger charge is 2.26. The van der Waals surface area contributed by atoms with Gasteiger partial charge in [0.1, 0.15) is 5.82 Å². The van der Waals surface area contributed by atoms with E-state index in [9.17, 15) is 5.11 Å². The number of fused-ring (bicyclic) bond motifs is 1. The van der Waals surface area contributed by atoms with Crippen molar-refractivity contribution in [2.24, 2.45) is 0 Å². The fraction of sp³-hybridized carbons (Fsp3) is 0.846. The van der Waals surface area contributed by atoms with Crippen molar-refractivity contribution in [2.75, 3.05) is 0 Å². The van der Waals surface area contributed by atoms with Crippen LogP contribution in [0.5, 0.6) is 0 Å². The van der Waals surface area contributed by atoms with Gasteiger partial charge in [0.25, 0.3) is 0 Å². The molecule has 0 bridgehead atoms. The zero-order chi connectivity index (χ0) is 12.4. The van der Waals surface area contributed by atoms with Gasteiger partial charge < -0.3 is 9.67 Å². The molecule has 1 saturated carbocycles.